The molecule has 1 N–H and O–H groups in total. The molecule has 1 amide bonds. The van der Waals surface area contributed by atoms with Gasteiger partial charge in [0, 0.05) is 15.7 Å². The van der Waals surface area contributed by atoms with E-state index in [1.165, 1.54) is 12.1 Å². The number of amides is 1. The molecule has 0 saturated carbocycles. The number of anilines is 1. The van der Waals surface area contributed by atoms with E-state index < -0.39 is 11.7 Å². The molecular formula is C14H9BrFNO2. The summed E-state index contributed by atoms with van der Waals surface area (Å²) in [7, 11) is 0. The van der Waals surface area contributed by atoms with Crippen molar-refractivity contribution in [2.45, 2.75) is 0 Å². The van der Waals surface area contributed by atoms with Gasteiger partial charge in [0.2, 0.25) is 0 Å². The molecule has 0 aromatic heterocycles. The molecule has 0 radical (unpaired) electrons. The van der Waals surface area contributed by atoms with Gasteiger partial charge in [0.25, 0.3) is 5.91 Å². The molecule has 0 fully saturated rings. The summed E-state index contributed by atoms with van der Waals surface area (Å²) in [5, 5.41) is 2.57. The van der Waals surface area contributed by atoms with E-state index in [0.717, 1.165) is 0 Å². The van der Waals surface area contributed by atoms with Crippen molar-refractivity contribution >= 4 is 33.8 Å². The summed E-state index contributed by atoms with van der Waals surface area (Å²) in [5.41, 5.74) is 0.942. The highest BCUT2D eigenvalue weighted by Gasteiger charge is 2.15. The molecule has 2 aromatic carbocycles. The fourth-order valence-electron chi connectivity index (χ4n) is 1.55. The lowest BCUT2D eigenvalue weighted by Crippen LogP contribution is -2.14. The quantitative estimate of drug-likeness (QED) is 0.877. The third kappa shape index (κ3) is 3.06. The Kier molecular flexibility index (Phi) is 4.06. The SMILES string of the molecule is O=Cc1ccc(NC(=O)c2c(F)cccc2Br)cc1. The Morgan fingerprint density at radius 3 is 2.42 bits per heavy atom. The smallest absolute Gasteiger partial charge is 0.259 e. The maximum absolute atomic E-state index is 13.6. The van der Waals surface area contributed by atoms with Crippen LogP contribution in [0.15, 0.2) is 46.9 Å². The Morgan fingerprint density at radius 2 is 1.84 bits per heavy atom. The molecule has 2 aromatic rings. The van der Waals surface area contributed by atoms with Crippen LogP contribution in [0, 0.1) is 5.82 Å². The van der Waals surface area contributed by atoms with Gasteiger partial charge >= 0.3 is 0 Å². The van der Waals surface area contributed by atoms with E-state index in [2.05, 4.69) is 21.2 Å². The van der Waals surface area contributed by atoms with Gasteiger partial charge in [-0.25, -0.2) is 4.39 Å². The van der Waals surface area contributed by atoms with Gasteiger partial charge in [-0.05, 0) is 52.3 Å². The van der Waals surface area contributed by atoms with Crippen LogP contribution >= 0.6 is 15.9 Å². The Morgan fingerprint density at radius 1 is 1.16 bits per heavy atom. The first-order valence-corrected chi connectivity index (χ1v) is 6.21. The minimum Gasteiger partial charge on any atom is -0.322 e. The van der Waals surface area contributed by atoms with Crippen LogP contribution in [0.25, 0.3) is 0 Å². The van der Waals surface area contributed by atoms with Gasteiger partial charge in [-0.3, -0.25) is 9.59 Å². The third-order valence-corrected chi connectivity index (χ3v) is 3.16. The fraction of sp³-hybridized carbons (Fsp3) is 0. The zero-order chi connectivity index (χ0) is 13.8. The Labute approximate surface area is 117 Å². The molecule has 3 nitrogen and oxygen atoms in total. The van der Waals surface area contributed by atoms with Gasteiger partial charge in [-0.2, -0.15) is 0 Å². The van der Waals surface area contributed by atoms with E-state index in [0.29, 0.717) is 22.0 Å². The summed E-state index contributed by atoms with van der Waals surface area (Å²) < 4.78 is 14.0. The fourth-order valence-corrected chi connectivity index (χ4v) is 2.08. The van der Waals surface area contributed by atoms with Crippen molar-refractivity contribution < 1.29 is 14.0 Å². The summed E-state index contributed by atoms with van der Waals surface area (Å²) in [5.74, 6) is -1.15. The van der Waals surface area contributed by atoms with Gasteiger partial charge in [0.05, 0.1) is 5.56 Å². The summed E-state index contributed by atoms with van der Waals surface area (Å²) in [6.07, 6.45) is 0.707. The van der Waals surface area contributed by atoms with Crippen molar-refractivity contribution in [3.63, 3.8) is 0 Å². The van der Waals surface area contributed by atoms with Crippen molar-refractivity contribution in [1.82, 2.24) is 0 Å². The van der Waals surface area contributed by atoms with Crippen LogP contribution in [0.4, 0.5) is 10.1 Å². The van der Waals surface area contributed by atoms with Gasteiger partial charge < -0.3 is 5.32 Å². The molecule has 0 bridgehead atoms. The molecule has 0 aliphatic heterocycles. The summed E-state index contributed by atoms with van der Waals surface area (Å²) >= 11 is 3.14. The van der Waals surface area contributed by atoms with E-state index in [-0.39, 0.29) is 5.56 Å². The molecule has 0 aliphatic carbocycles. The minimum atomic E-state index is -0.601. The lowest BCUT2D eigenvalue weighted by molar-refractivity contribution is 0.102. The van der Waals surface area contributed by atoms with Crippen LogP contribution in [-0.4, -0.2) is 12.2 Å². The molecule has 2 rings (SSSR count). The molecule has 0 heterocycles. The summed E-state index contributed by atoms with van der Waals surface area (Å²) in [4.78, 5) is 22.5. The van der Waals surface area contributed by atoms with Gasteiger partial charge in [-0.15, -0.1) is 0 Å². The monoisotopic (exact) mass is 321 g/mol. The lowest BCUT2D eigenvalue weighted by atomic mass is 10.2. The third-order valence-electron chi connectivity index (χ3n) is 2.49. The molecule has 0 spiro atoms. The predicted octanol–water partition coefficient (Wildman–Crippen LogP) is 3.65. The Balaban J connectivity index is 2.23. The highest BCUT2D eigenvalue weighted by Crippen LogP contribution is 2.21. The van der Waals surface area contributed by atoms with Crippen molar-refractivity contribution in [2.75, 3.05) is 5.32 Å². The number of halogens is 2. The maximum Gasteiger partial charge on any atom is 0.259 e. The topological polar surface area (TPSA) is 46.2 Å². The van der Waals surface area contributed by atoms with Crippen LogP contribution in [0.1, 0.15) is 20.7 Å². The Hall–Kier alpha value is -2.01. The van der Waals surface area contributed by atoms with E-state index in [1.807, 2.05) is 0 Å². The number of benzene rings is 2. The van der Waals surface area contributed by atoms with E-state index in [1.54, 1.807) is 30.3 Å². The molecule has 0 unspecified atom stereocenters. The first kappa shape index (κ1) is 13.4. The van der Waals surface area contributed by atoms with Crippen molar-refractivity contribution in [3.8, 4) is 0 Å². The summed E-state index contributed by atoms with van der Waals surface area (Å²) in [6, 6.07) is 10.6. The van der Waals surface area contributed by atoms with Crippen LogP contribution < -0.4 is 5.32 Å². The van der Waals surface area contributed by atoms with Crippen LogP contribution in [-0.2, 0) is 0 Å². The van der Waals surface area contributed by atoms with Crippen LogP contribution in [0.3, 0.4) is 0 Å². The molecule has 96 valence electrons. The summed E-state index contributed by atoms with van der Waals surface area (Å²) in [6.45, 7) is 0. The number of nitrogens with one attached hydrogen (secondary N) is 1. The predicted molar refractivity (Wildman–Crippen MR) is 73.9 cm³/mol. The van der Waals surface area contributed by atoms with Gasteiger partial charge in [-0.1, -0.05) is 6.07 Å². The second kappa shape index (κ2) is 5.75. The van der Waals surface area contributed by atoms with Crippen LogP contribution in [0.5, 0.6) is 0 Å². The molecule has 0 aliphatic rings. The number of hydrogen-bond donors (Lipinski definition) is 1. The highest BCUT2D eigenvalue weighted by molar-refractivity contribution is 9.10. The second-order valence-corrected chi connectivity index (χ2v) is 4.64. The number of aldehydes is 1. The average molecular weight is 322 g/mol. The largest absolute Gasteiger partial charge is 0.322 e. The van der Waals surface area contributed by atoms with Crippen molar-refractivity contribution in [2.24, 2.45) is 0 Å². The number of carbonyl (C=O) groups is 2. The zero-order valence-corrected chi connectivity index (χ0v) is 11.3. The zero-order valence-electron chi connectivity index (χ0n) is 9.69. The Bertz CT molecular complexity index is 606. The number of hydrogen-bond acceptors (Lipinski definition) is 2. The molecule has 5 heteroatoms. The lowest BCUT2D eigenvalue weighted by Gasteiger charge is -2.07. The standard InChI is InChI=1S/C14H9BrFNO2/c15-11-2-1-3-12(16)13(11)14(19)17-10-6-4-9(8-18)5-7-10/h1-8H,(H,17,19). The maximum atomic E-state index is 13.6. The second-order valence-electron chi connectivity index (χ2n) is 3.79. The van der Waals surface area contributed by atoms with Crippen LogP contribution in [0.2, 0.25) is 0 Å². The highest BCUT2D eigenvalue weighted by atomic mass is 79.9. The molecule has 0 atom stereocenters. The van der Waals surface area contributed by atoms with Gasteiger partial charge in [0.15, 0.2) is 0 Å². The van der Waals surface area contributed by atoms with Crippen molar-refractivity contribution in [1.29, 1.82) is 0 Å². The molecule has 0 saturated heterocycles. The number of carbonyl (C=O) groups excluding carboxylic acids is 2. The normalized spacial score (nSPS) is 10.0. The van der Waals surface area contributed by atoms with Crippen molar-refractivity contribution in [3.05, 3.63) is 63.9 Å². The molecule has 19 heavy (non-hydrogen) atoms. The van der Waals surface area contributed by atoms with E-state index in [9.17, 15) is 14.0 Å². The first-order chi connectivity index (χ1) is 9.11. The number of rotatable bonds is 3. The molecular weight excluding hydrogens is 313 g/mol. The first-order valence-electron chi connectivity index (χ1n) is 5.42. The van der Waals surface area contributed by atoms with Gasteiger partial charge in [0.1, 0.15) is 12.1 Å². The van der Waals surface area contributed by atoms with E-state index >= 15 is 0 Å². The van der Waals surface area contributed by atoms with E-state index in [4.69, 9.17) is 0 Å². The average Bonchev–Trinajstić information content (AvgIpc) is 2.39. The minimum absolute atomic E-state index is 0.0537.